The normalized spacial score (nSPS) is 31.1. The van der Waals surface area contributed by atoms with Crippen LogP contribution in [0.4, 0.5) is 0 Å². The van der Waals surface area contributed by atoms with E-state index in [1.807, 2.05) is 4.90 Å². The van der Waals surface area contributed by atoms with Gasteiger partial charge in [-0.2, -0.15) is 0 Å². The van der Waals surface area contributed by atoms with Crippen molar-refractivity contribution in [3.8, 4) is 0 Å². The molecule has 1 amide bonds. The predicted octanol–water partition coefficient (Wildman–Crippen LogP) is 1.54. The number of morpholine rings is 1. The highest BCUT2D eigenvalue weighted by molar-refractivity contribution is 5.82. The van der Waals surface area contributed by atoms with Crippen LogP contribution in [0.25, 0.3) is 0 Å². The Morgan fingerprint density at radius 3 is 2.28 bits per heavy atom. The first-order valence-corrected chi connectivity index (χ1v) is 7.01. The first-order chi connectivity index (χ1) is 8.29. The van der Waals surface area contributed by atoms with Crippen molar-refractivity contribution in [2.75, 3.05) is 19.6 Å². The van der Waals surface area contributed by atoms with Gasteiger partial charge in [0.05, 0.1) is 17.2 Å². The van der Waals surface area contributed by atoms with Crippen molar-refractivity contribution < 1.29 is 9.53 Å². The second-order valence-corrected chi connectivity index (χ2v) is 6.82. The second-order valence-electron chi connectivity index (χ2n) is 6.82. The molecule has 2 fully saturated rings. The molecule has 0 bridgehead atoms. The number of carbonyl (C=O) groups is 1. The van der Waals surface area contributed by atoms with Gasteiger partial charge in [-0.3, -0.25) is 4.79 Å². The highest BCUT2D eigenvalue weighted by atomic mass is 16.5. The summed E-state index contributed by atoms with van der Waals surface area (Å²) in [5.41, 5.74) is -0.516. The molecule has 4 heteroatoms. The van der Waals surface area contributed by atoms with E-state index in [2.05, 4.69) is 33.0 Å². The largest absolute Gasteiger partial charge is 0.366 e. The maximum Gasteiger partial charge on any atom is 0.239 e. The number of nitrogens with zero attached hydrogens (tertiary/aromatic N) is 1. The highest BCUT2D eigenvalue weighted by Gasteiger charge is 2.41. The fraction of sp³-hybridized carbons (Fsp3) is 0.929. The number of nitrogens with one attached hydrogen (secondary N) is 1. The lowest BCUT2D eigenvalue weighted by Crippen LogP contribution is -2.61. The first-order valence-electron chi connectivity index (χ1n) is 7.01. The monoisotopic (exact) mass is 254 g/mol. The van der Waals surface area contributed by atoms with Gasteiger partial charge in [0.25, 0.3) is 0 Å². The molecular weight excluding hydrogens is 228 g/mol. The molecule has 2 saturated heterocycles. The third-order valence-corrected chi connectivity index (χ3v) is 3.62. The number of hydrogen-bond acceptors (Lipinski definition) is 3. The lowest BCUT2D eigenvalue weighted by Gasteiger charge is -2.48. The van der Waals surface area contributed by atoms with Crippen molar-refractivity contribution in [3.05, 3.63) is 0 Å². The summed E-state index contributed by atoms with van der Waals surface area (Å²) in [5, 5.41) is 3.34. The van der Waals surface area contributed by atoms with E-state index in [1.54, 1.807) is 0 Å². The Labute approximate surface area is 110 Å². The maximum atomic E-state index is 12.5. The summed E-state index contributed by atoms with van der Waals surface area (Å²) >= 11 is 0. The number of rotatable bonds is 1. The quantitative estimate of drug-likeness (QED) is 0.772. The molecule has 4 nitrogen and oxygen atoms in total. The van der Waals surface area contributed by atoms with Crippen LogP contribution < -0.4 is 5.32 Å². The van der Waals surface area contributed by atoms with E-state index < -0.39 is 0 Å². The average molecular weight is 254 g/mol. The number of amides is 1. The zero-order valence-electron chi connectivity index (χ0n) is 12.1. The lowest BCUT2D eigenvalue weighted by atomic mass is 9.96. The number of carbonyl (C=O) groups excluding carboxylic acids is 1. The van der Waals surface area contributed by atoms with Crippen LogP contribution in [0.3, 0.4) is 0 Å². The van der Waals surface area contributed by atoms with Crippen molar-refractivity contribution in [2.45, 2.75) is 64.2 Å². The van der Waals surface area contributed by atoms with Gasteiger partial charge < -0.3 is 15.0 Å². The van der Waals surface area contributed by atoms with E-state index >= 15 is 0 Å². The van der Waals surface area contributed by atoms with Gasteiger partial charge in [-0.15, -0.1) is 0 Å². The van der Waals surface area contributed by atoms with Gasteiger partial charge in [-0.05, 0) is 47.1 Å². The summed E-state index contributed by atoms with van der Waals surface area (Å²) in [7, 11) is 0. The molecule has 0 aromatic heterocycles. The molecule has 0 unspecified atom stereocenters. The van der Waals surface area contributed by atoms with E-state index in [1.165, 1.54) is 6.42 Å². The van der Waals surface area contributed by atoms with Crippen LogP contribution in [-0.4, -0.2) is 47.7 Å². The van der Waals surface area contributed by atoms with Crippen molar-refractivity contribution >= 4 is 5.91 Å². The fourth-order valence-electron chi connectivity index (χ4n) is 3.23. The van der Waals surface area contributed by atoms with Crippen molar-refractivity contribution in [3.63, 3.8) is 0 Å². The van der Waals surface area contributed by atoms with E-state index in [0.29, 0.717) is 13.1 Å². The summed E-state index contributed by atoms with van der Waals surface area (Å²) < 4.78 is 6.01. The molecule has 18 heavy (non-hydrogen) atoms. The molecule has 0 aromatic carbocycles. The molecule has 0 aliphatic carbocycles. The molecule has 0 saturated carbocycles. The van der Waals surface area contributed by atoms with Gasteiger partial charge >= 0.3 is 0 Å². The van der Waals surface area contributed by atoms with Crippen LogP contribution in [-0.2, 0) is 9.53 Å². The standard InChI is InChI=1S/C14H26N2O2/c1-13(2)9-16(10-14(3,4)18-13)12(17)11-7-5-6-8-15-11/h11,15H,5-10H2,1-4H3/t11-/m1/s1. The molecule has 0 spiro atoms. The number of ether oxygens (including phenoxy) is 1. The van der Waals surface area contributed by atoms with E-state index in [-0.39, 0.29) is 23.2 Å². The van der Waals surface area contributed by atoms with E-state index in [4.69, 9.17) is 4.74 Å². The van der Waals surface area contributed by atoms with Gasteiger partial charge in [-0.25, -0.2) is 0 Å². The van der Waals surface area contributed by atoms with Crippen molar-refractivity contribution in [1.82, 2.24) is 10.2 Å². The van der Waals surface area contributed by atoms with Gasteiger partial charge in [0.15, 0.2) is 0 Å². The highest BCUT2D eigenvalue weighted by Crippen LogP contribution is 2.28. The van der Waals surface area contributed by atoms with Gasteiger partial charge in [0.1, 0.15) is 0 Å². The fourth-order valence-corrected chi connectivity index (χ4v) is 3.23. The van der Waals surface area contributed by atoms with Crippen LogP contribution >= 0.6 is 0 Å². The molecule has 1 atom stereocenters. The molecule has 2 heterocycles. The molecule has 1 N–H and O–H groups in total. The van der Waals surface area contributed by atoms with Crippen LogP contribution in [0, 0.1) is 0 Å². The lowest BCUT2D eigenvalue weighted by molar-refractivity contribution is -0.189. The Hall–Kier alpha value is -0.610. The maximum absolute atomic E-state index is 12.5. The van der Waals surface area contributed by atoms with Crippen LogP contribution in [0.1, 0.15) is 47.0 Å². The molecule has 104 valence electrons. The smallest absolute Gasteiger partial charge is 0.239 e. The van der Waals surface area contributed by atoms with Crippen LogP contribution in [0.2, 0.25) is 0 Å². The Bertz CT molecular complexity index is 304. The van der Waals surface area contributed by atoms with E-state index in [9.17, 15) is 4.79 Å². The van der Waals surface area contributed by atoms with Gasteiger partial charge in [-0.1, -0.05) is 6.42 Å². The summed E-state index contributed by atoms with van der Waals surface area (Å²) in [4.78, 5) is 14.5. The predicted molar refractivity (Wildman–Crippen MR) is 71.5 cm³/mol. The molecule has 2 aliphatic rings. The molecular formula is C14H26N2O2. The van der Waals surface area contributed by atoms with Crippen LogP contribution in [0.5, 0.6) is 0 Å². The van der Waals surface area contributed by atoms with Crippen molar-refractivity contribution in [1.29, 1.82) is 0 Å². The molecule has 2 rings (SSSR count). The minimum atomic E-state index is -0.258. The van der Waals surface area contributed by atoms with E-state index in [0.717, 1.165) is 19.4 Å². The zero-order valence-corrected chi connectivity index (χ0v) is 12.1. The van der Waals surface area contributed by atoms with Gasteiger partial charge in [0.2, 0.25) is 5.91 Å². The molecule has 0 radical (unpaired) electrons. The Morgan fingerprint density at radius 1 is 1.17 bits per heavy atom. The third-order valence-electron chi connectivity index (χ3n) is 3.62. The minimum absolute atomic E-state index is 0.0171. The number of piperidine rings is 1. The summed E-state index contributed by atoms with van der Waals surface area (Å²) in [6.07, 6.45) is 3.31. The molecule has 0 aromatic rings. The Morgan fingerprint density at radius 2 is 1.78 bits per heavy atom. The first kappa shape index (κ1) is 13.8. The second kappa shape index (κ2) is 4.82. The SMILES string of the molecule is CC1(C)CN(C(=O)[C@H]2CCCCN2)CC(C)(C)O1. The summed E-state index contributed by atoms with van der Waals surface area (Å²) in [5.74, 6) is 0.249. The zero-order chi connectivity index (χ0) is 13.4. The summed E-state index contributed by atoms with van der Waals surface area (Å²) in [6, 6.07) is 0.0171. The average Bonchev–Trinajstić information content (AvgIpc) is 2.25. The topological polar surface area (TPSA) is 41.6 Å². The third kappa shape index (κ3) is 3.23. The van der Waals surface area contributed by atoms with Gasteiger partial charge in [0, 0.05) is 13.1 Å². The van der Waals surface area contributed by atoms with Crippen LogP contribution in [0.15, 0.2) is 0 Å². The molecule has 2 aliphatic heterocycles. The minimum Gasteiger partial charge on any atom is -0.366 e. The summed E-state index contributed by atoms with van der Waals surface area (Å²) in [6.45, 7) is 10.6. The van der Waals surface area contributed by atoms with Crippen molar-refractivity contribution in [2.24, 2.45) is 0 Å². The Kier molecular flexibility index (Phi) is 3.70. The Balaban J connectivity index is 2.05. The number of hydrogen-bond donors (Lipinski definition) is 1.